The highest BCUT2D eigenvalue weighted by atomic mass is 79.9. The predicted molar refractivity (Wildman–Crippen MR) is 79.1 cm³/mol. The minimum absolute atomic E-state index is 0.0299. The molecule has 1 aromatic rings. The Kier molecular flexibility index (Phi) is 5.87. The number of halogens is 1. The lowest BCUT2D eigenvalue weighted by atomic mass is 10.2. The van der Waals surface area contributed by atoms with Gasteiger partial charge in [-0.1, -0.05) is 0 Å². The van der Waals surface area contributed by atoms with Crippen molar-refractivity contribution in [2.24, 2.45) is 5.14 Å². The molecular formula is C12H15BrN2O5S. The minimum atomic E-state index is -3.94. The van der Waals surface area contributed by atoms with Crippen molar-refractivity contribution in [3.05, 3.63) is 28.2 Å². The number of amides is 1. The normalized spacial score (nSPS) is 12.6. The van der Waals surface area contributed by atoms with Gasteiger partial charge in [0.25, 0.3) is 5.91 Å². The first kappa shape index (κ1) is 17.6. The van der Waals surface area contributed by atoms with Crippen LogP contribution in [0.5, 0.6) is 0 Å². The third kappa shape index (κ3) is 4.80. The van der Waals surface area contributed by atoms with Crippen LogP contribution in [0.3, 0.4) is 0 Å². The van der Waals surface area contributed by atoms with Gasteiger partial charge >= 0.3 is 5.97 Å². The number of sulfonamides is 1. The first-order valence-corrected chi connectivity index (χ1v) is 8.31. The molecule has 0 aliphatic heterocycles. The van der Waals surface area contributed by atoms with E-state index in [1.54, 1.807) is 6.92 Å². The van der Waals surface area contributed by atoms with Crippen LogP contribution in [0, 0.1) is 0 Å². The van der Waals surface area contributed by atoms with E-state index < -0.39 is 28.0 Å². The predicted octanol–water partition coefficient (Wildman–Crippen LogP) is 0.778. The molecule has 0 fully saturated rings. The summed E-state index contributed by atoms with van der Waals surface area (Å²) in [6, 6.07) is 3.71. The van der Waals surface area contributed by atoms with E-state index in [4.69, 9.17) is 9.88 Å². The van der Waals surface area contributed by atoms with E-state index in [0.29, 0.717) is 11.0 Å². The van der Waals surface area contributed by atoms with Gasteiger partial charge in [0.05, 0.1) is 10.5 Å². The Balaban J connectivity index is 3.00. The largest absolute Gasteiger partial charge is 0.449 e. The Morgan fingerprint density at radius 3 is 2.57 bits per heavy atom. The van der Waals surface area contributed by atoms with Crippen LogP contribution >= 0.6 is 15.9 Å². The summed E-state index contributed by atoms with van der Waals surface area (Å²) in [5.74, 6) is -1.27. The molecule has 1 atom stereocenters. The Hall–Kier alpha value is -1.45. The van der Waals surface area contributed by atoms with E-state index in [9.17, 15) is 18.0 Å². The molecule has 0 saturated heterocycles. The summed E-state index contributed by atoms with van der Waals surface area (Å²) in [6.07, 6.45) is -0.998. The van der Waals surface area contributed by atoms with E-state index in [-0.39, 0.29) is 10.5 Å². The van der Waals surface area contributed by atoms with Gasteiger partial charge < -0.3 is 10.1 Å². The summed E-state index contributed by atoms with van der Waals surface area (Å²) in [5, 5.41) is 7.51. The Labute approximate surface area is 131 Å². The summed E-state index contributed by atoms with van der Waals surface area (Å²) in [5.41, 5.74) is -0.0299. The van der Waals surface area contributed by atoms with Crippen LogP contribution in [0.15, 0.2) is 27.6 Å². The van der Waals surface area contributed by atoms with Gasteiger partial charge in [-0.15, -0.1) is 0 Å². The molecule has 7 nitrogen and oxygen atoms in total. The van der Waals surface area contributed by atoms with Gasteiger partial charge in [0.1, 0.15) is 0 Å². The van der Waals surface area contributed by atoms with Crippen molar-refractivity contribution in [3.8, 4) is 0 Å². The monoisotopic (exact) mass is 378 g/mol. The van der Waals surface area contributed by atoms with Crippen LogP contribution in [0.4, 0.5) is 0 Å². The molecule has 0 spiro atoms. The molecule has 9 heteroatoms. The van der Waals surface area contributed by atoms with Gasteiger partial charge in [-0.3, -0.25) is 4.79 Å². The van der Waals surface area contributed by atoms with Gasteiger partial charge in [-0.05, 0) is 48.0 Å². The fourth-order valence-electron chi connectivity index (χ4n) is 1.43. The number of benzene rings is 1. The SMILES string of the molecule is CCNC(=O)[C@H](C)OC(=O)c1cc(S(N)(=O)=O)ccc1Br. The number of likely N-dealkylation sites (N-methyl/N-ethyl adjacent to an activating group) is 1. The number of ether oxygens (including phenoxy) is 1. The van der Waals surface area contributed by atoms with Crippen LogP contribution in [0.25, 0.3) is 0 Å². The number of hydrogen-bond acceptors (Lipinski definition) is 5. The maximum atomic E-state index is 12.0. The summed E-state index contributed by atoms with van der Waals surface area (Å²) < 4.78 is 27.9. The zero-order chi connectivity index (χ0) is 16.2. The minimum Gasteiger partial charge on any atom is -0.449 e. The molecule has 3 N–H and O–H groups in total. The van der Waals surface area contributed by atoms with Crippen molar-refractivity contribution in [1.82, 2.24) is 5.32 Å². The fraction of sp³-hybridized carbons (Fsp3) is 0.333. The first-order valence-electron chi connectivity index (χ1n) is 5.97. The molecule has 1 rings (SSSR count). The zero-order valence-corrected chi connectivity index (χ0v) is 13.8. The number of rotatable bonds is 5. The molecule has 116 valence electrons. The number of hydrogen-bond donors (Lipinski definition) is 2. The molecule has 1 amide bonds. The Bertz CT molecular complexity index is 660. The molecule has 0 aromatic heterocycles. The van der Waals surface area contributed by atoms with E-state index in [1.165, 1.54) is 19.1 Å². The highest BCUT2D eigenvalue weighted by molar-refractivity contribution is 9.10. The van der Waals surface area contributed by atoms with E-state index in [1.807, 2.05) is 0 Å². The molecule has 0 saturated carbocycles. The van der Waals surface area contributed by atoms with Gasteiger partial charge in [-0.2, -0.15) is 0 Å². The highest BCUT2D eigenvalue weighted by Gasteiger charge is 2.21. The smallest absolute Gasteiger partial charge is 0.340 e. The summed E-state index contributed by atoms with van der Waals surface area (Å²) in [6.45, 7) is 3.56. The second-order valence-corrected chi connectivity index (χ2v) is 6.54. The molecule has 1 aromatic carbocycles. The van der Waals surface area contributed by atoms with Gasteiger partial charge in [0, 0.05) is 11.0 Å². The molecule has 0 radical (unpaired) electrons. The maximum Gasteiger partial charge on any atom is 0.340 e. The Morgan fingerprint density at radius 1 is 1.43 bits per heavy atom. The van der Waals surface area contributed by atoms with Crippen molar-refractivity contribution in [3.63, 3.8) is 0 Å². The third-order valence-electron chi connectivity index (χ3n) is 2.49. The number of carbonyl (C=O) groups excluding carboxylic acids is 2. The molecule has 0 aliphatic rings. The lowest BCUT2D eigenvalue weighted by Gasteiger charge is -2.13. The van der Waals surface area contributed by atoms with Gasteiger partial charge in [-0.25, -0.2) is 18.4 Å². The first-order chi connectivity index (χ1) is 9.66. The van der Waals surface area contributed by atoms with E-state index in [2.05, 4.69) is 21.2 Å². The molecule has 21 heavy (non-hydrogen) atoms. The third-order valence-corrected chi connectivity index (χ3v) is 4.09. The van der Waals surface area contributed by atoms with Crippen molar-refractivity contribution in [2.45, 2.75) is 24.8 Å². The van der Waals surface area contributed by atoms with Crippen LogP contribution < -0.4 is 10.5 Å². The van der Waals surface area contributed by atoms with Crippen molar-refractivity contribution in [2.75, 3.05) is 6.54 Å². The van der Waals surface area contributed by atoms with E-state index >= 15 is 0 Å². The van der Waals surface area contributed by atoms with Crippen LogP contribution in [-0.4, -0.2) is 32.9 Å². The van der Waals surface area contributed by atoms with Crippen molar-refractivity contribution < 1.29 is 22.7 Å². The number of nitrogens with one attached hydrogen (secondary N) is 1. The number of nitrogens with two attached hydrogens (primary N) is 1. The Morgan fingerprint density at radius 2 is 2.05 bits per heavy atom. The lowest BCUT2D eigenvalue weighted by Crippen LogP contribution is -2.35. The number of carbonyl (C=O) groups is 2. The van der Waals surface area contributed by atoms with Crippen molar-refractivity contribution >= 4 is 37.8 Å². The summed E-state index contributed by atoms with van der Waals surface area (Å²) >= 11 is 3.12. The maximum absolute atomic E-state index is 12.0. The summed E-state index contributed by atoms with van der Waals surface area (Å²) in [7, 11) is -3.94. The van der Waals surface area contributed by atoms with Crippen LogP contribution in [0.1, 0.15) is 24.2 Å². The molecule has 0 aliphatic carbocycles. The average Bonchev–Trinajstić information content (AvgIpc) is 2.37. The van der Waals surface area contributed by atoms with Gasteiger partial charge in [0.15, 0.2) is 6.10 Å². The average molecular weight is 379 g/mol. The highest BCUT2D eigenvalue weighted by Crippen LogP contribution is 2.21. The second-order valence-electron chi connectivity index (χ2n) is 4.13. The number of esters is 1. The number of primary sulfonamides is 1. The van der Waals surface area contributed by atoms with E-state index in [0.717, 1.165) is 6.07 Å². The summed E-state index contributed by atoms with van der Waals surface area (Å²) in [4.78, 5) is 23.3. The topological polar surface area (TPSA) is 116 Å². The van der Waals surface area contributed by atoms with Gasteiger partial charge in [0.2, 0.25) is 10.0 Å². The fourth-order valence-corrected chi connectivity index (χ4v) is 2.38. The molecule has 0 unspecified atom stereocenters. The second kappa shape index (κ2) is 7.01. The quantitative estimate of drug-likeness (QED) is 0.734. The lowest BCUT2D eigenvalue weighted by molar-refractivity contribution is -0.128. The standard InChI is InChI=1S/C12H15BrN2O5S/c1-3-15-11(16)7(2)20-12(17)9-6-8(21(14,18)19)4-5-10(9)13/h4-7H,3H2,1-2H3,(H,15,16)(H2,14,18,19)/t7-/m0/s1. The van der Waals surface area contributed by atoms with Crippen LogP contribution in [-0.2, 0) is 19.6 Å². The van der Waals surface area contributed by atoms with Crippen LogP contribution in [0.2, 0.25) is 0 Å². The molecule has 0 heterocycles. The zero-order valence-electron chi connectivity index (χ0n) is 11.4. The molecule has 0 bridgehead atoms. The molecular weight excluding hydrogens is 364 g/mol. The van der Waals surface area contributed by atoms with Crippen molar-refractivity contribution in [1.29, 1.82) is 0 Å².